The lowest BCUT2D eigenvalue weighted by molar-refractivity contribution is -0.150. The average Bonchev–Trinajstić information content (AvgIpc) is 2.63. The first-order valence-corrected chi connectivity index (χ1v) is 8.23. The molecule has 1 amide bonds. The predicted octanol–water partition coefficient (Wildman–Crippen LogP) is 0.565. The van der Waals surface area contributed by atoms with Crippen molar-refractivity contribution in [2.45, 2.75) is 38.5 Å². The van der Waals surface area contributed by atoms with Gasteiger partial charge in [-0.1, -0.05) is 30.3 Å². The number of benzene rings is 1. The topological polar surface area (TPSA) is 111 Å². The van der Waals surface area contributed by atoms with Crippen molar-refractivity contribution in [3.63, 3.8) is 0 Å². The minimum Gasteiger partial charge on any atom is -0.467 e. The lowest BCUT2D eigenvalue weighted by Gasteiger charge is -2.18. The molecular weight excluding hydrogens is 342 g/mol. The first kappa shape index (κ1) is 21.6. The standard InChI is InChI=1S/C18H25NO7/c1-13(21)26-15(12-25-11-14-6-4-3-5-7-14)8-9-17(22)19-16(10-20)18(23)24-2/h3-7,15-16,20H,8-12H2,1-2H3,(H,19,22)/t15-,16-/m0/s1. The summed E-state index contributed by atoms with van der Waals surface area (Å²) in [5, 5.41) is 11.5. The highest BCUT2D eigenvalue weighted by Crippen LogP contribution is 2.07. The van der Waals surface area contributed by atoms with E-state index >= 15 is 0 Å². The Morgan fingerprint density at radius 1 is 1.19 bits per heavy atom. The van der Waals surface area contributed by atoms with E-state index in [1.807, 2.05) is 30.3 Å². The molecule has 0 unspecified atom stereocenters. The number of carbonyl (C=O) groups excluding carboxylic acids is 3. The summed E-state index contributed by atoms with van der Waals surface area (Å²) in [6.45, 7) is 1.22. The molecule has 0 heterocycles. The van der Waals surface area contributed by atoms with Crippen molar-refractivity contribution in [3.05, 3.63) is 35.9 Å². The summed E-state index contributed by atoms with van der Waals surface area (Å²) < 4.78 is 15.2. The monoisotopic (exact) mass is 367 g/mol. The van der Waals surface area contributed by atoms with Crippen LogP contribution in [0.4, 0.5) is 0 Å². The molecule has 0 bridgehead atoms. The summed E-state index contributed by atoms with van der Waals surface area (Å²) in [5.41, 5.74) is 0.982. The number of hydrogen-bond acceptors (Lipinski definition) is 7. The molecule has 0 aliphatic carbocycles. The van der Waals surface area contributed by atoms with Crippen molar-refractivity contribution in [2.24, 2.45) is 0 Å². The van der Waals surface area contributed by atoms with E-state index in [9.17, 15) is 14.4 Å². The van der Waals surface area contributed by atoms with Crippen LogP contribution in [-0.2, 0) is 35.2 Å². The van der Waals surface area contributed by atoms with Crippen LogP contribution in [0.3, 0.4) is 0 Å². The Morgan fingerprint density at radius 3 is 2.46 bits per heavy atom. The van der Waals surface area contributed by atoms with Gasteiger partial charge < -0.3 is 24.6 Å². The average molecular weight is 367 g/mol. The lowest BCUT2D eigenvalue weighted by Crippen LogP contribution is -2.44. The minimum atomic E-state index is -1.12. The third kappa shape index (κ3) is 8.59. The molecule has 26 heavy (non-hydrogen) atoms. The van der Waals surface area contributed by atoms with Gasteiger partial charge in [0.15, 0.2) is 6.04 Å². The molecule has 0 fully saturated rings. The van der Waals surface area contributed by atoms with Gasteiger partial charge in [-0.3, -0.25) is 9.59 Å². The van der Waals surface area contributed by atoms with Crippen LogP contribution in [0.1, 0.15) is 25.3 Å². The number of nitrogens with one attached hydrogen (secondary N) is 1. The molecule has 1 aromatic rings. The van der Waals surface area contributed by atoms with E-state index in [2.05, 4.69) is 10.1 Å². The van der Waals surface area contributed by atoms with E-state index in [0.717, 1.165) is 12.7 Å². The predicted molar refractivity (Wildman–Crippen MR) is 91.9 cm³/mol. The normalized spacial score (nSPS) is 12.7. The number of aliphatic hydroxyl groups is 1. The maximum Gasteiger partial charge on any atom is 0.330 e. The van der Waals surface area contributed by atoms with E-state index in [0.29, 0.717) is 6.61 Å². The van der Waals surface area contributed by atoms with Crippen LogP contribution >= 0.6 is 0 Å². The summed E-state index contributed by atoms with van der Waals surface area (Å²) in [6, 6.07) is 8.40. The zero-order chi connectivity index (χ0) is 19.4. The van der Waals surface area contributed by atoms with E-state index in [4.69, 9.17) is 14.6 Å². The van der Waals surface area contributed by atoms with Crippen molar-refractivity contribution >= 4 is 17.8 Å². The van der Waals surface area contributed by atoms with Crippen molar-refractivity contribution < 1.29 is 33.7 Å². The van der Waals surface area contributed by atoms with Crippen LogP contribution in [0.2, 0.25) is 0 Å². The van der Waals surface area contributed by atoms with Gasteiger partial charge in [0.05, 0.1) is 26.9 Å². The molecule has 0 aliphatic rings. The molecule has 0 aliphatic heterocycles. The molecule has 0 saturated heterocycles. The van der Waals surface area contributed by atoms with E-state index in [1.54, 1.807) is 0 Å². The molecule has 0 spiro atoms. The fraction of sp³-hybridized carbons (Fsp3) is 0.500. The SMILES string of the molecule is COC(=O)[C@H](CO)NC(=O)CC[C@@H](COCc1ccccc1)OC(C)=O. The minimum absolute atomic E-state index is 0.000137. The Balaban J connectivity index is 2.44. The Morgan fingerprint density at radius 2 is 1.88 bits per heavy atom. The molecule has 1 rings (SSSR count). The van der Waals surface area contributed by atoms with E-state index in [1.165, 1.54) is 6.92 Å². The van der Waals surface area contributed by atoms with E-state index < -0.39 is 36.6 Å². The quantitative estimate of drug-likeness (QED) is 0.550. The Kier molecular flexibility index (Phi) is 9.96. The molecule has 2 N–H and O–H groups in total. The van der Waals surface area contributed by atoms with Crippen LogP contribution in [0, 0.1) is 0 Å². The zero-order valence-corrected chi connectivity index (χ0v) is 15.0. The largest absolute Gasteiger partial charge is 0.467 e. The van der Waals surface area contributed by atoms with Crippen LogP contribution in [0.5, 0.6) is 0 Å². The number of amides is 1. The smallest absolute Gasteiger partial charge is 0.330 e. The molecule has 2 atom stereocenters. The number of esters is 2. The molecule has 8 nitrogen and oxygen atoms in total. The van der Waals surface area contributed by atoms with Gasteiger partial charge in [0.25, 0.3) is 0 Å². The van der Waals surface area contributed by atoms with Crippen molar-refractivity contribution in [1.82, 2.24) is 5.32 Å². The molecule has 8 heteroatoms. The summed E-state index contributed by atoms with van der Waals surface area (Å²) in [4.78, 5) is 34.5. The number of aliphatic hydroxyl groups excluding tert-OH is 1. The van der Waals surface area contributed by atoms with Crippen molar-refractivity contribution in [1.29, 1.82) is 0 Å². The third-order valence-corrected chi connectivity index (χ3v) is 3.44. The summed E-state index contributed by atoms with van der Waals surface area (Å²) in [6.07, 6.45) is -0.368. The van der Waals surface area contributed by atoms with Gasteiger partial charge in [-0.05, 0) is 12.0 Å². The fourth-order valence-electron chi connectivity index (χ4n) is 2.17. The Bertz CT molecular complexity index is 576. The third-order valence-electron chi connectivity index (χ3n) is 3.44. The van der Waals surface area contributed by atoms with Crippen molar-refractivity contribution in [2.75, 3.05) is 20.3 Å². The number of carbonyl (C=O) groups is 3. The highest BCUT2D eigenvalue weighted by atomic mass is 16.6. The van der Waals surface area contributed by atoms with Crippen LogP contribution in [0.15, 0.2) is 30.3 Å². The van der Waals surface area contributed by atoms with E-state index in [-0.39, 0.29) is 19.4 Å². The highest BCUT2D eigenvalue weighted by Gasteiger charge is 2.21. The molecule has 1 aromatic carbocycles. The summed E-state index contributed by atoms with van der Waals surface area (Å²) >= 11 is 0. The molecule has 144 valence electrons. The second-order valence-corrected chi connectivity index (χ2v) is 5.60. The molecule has 0 aromatic heterocycles. The molecular formula is C18H25NO7. The van der Waals surface area contributed by atoms with Gasteiger partial charge >= 0.3 is 11.9 Å². The number of ether oxygens (including phenoxy) is 3. The van der Waals surface area contributed by atoms with Gasteiger partial charge in [-0.25, -0.2) is 4.79 Å². The molecule has 0 radical (unpaired) electrons. The van der Waals surface area contributed by atoms with Crippen LogP contribution in [-0.4, -0.2) is 55.4 Å². The summed E-state index contributed by atoms with van der Waals surface area (Å²) in [7, 11) is 1.16. The van der Waals surface area contributed by atoms with Gasteiger partial charge in [0.2, 0.25) is 5.91 Å². The number of hydrogen-bond donors (Lipinski definition) is 2. The Labute approximate surface area is 152 Å². The maximum absolute atomic E-state index is 11.9. The highest BCUT2D eigenvalue weighted by molar-refractivity contribution is 5.84. The van der Waals surface area contributed by atoms with Gasteiger partial charge in [0, 0.05) is 13.3 Å². The number of rotatable bonds is 11. The lowest BCUT2D eigenvalue weighted by atomic mass is 10.2. The first-order chi connectivity index (χ1) is 12.5. The maximum atomic E-state index is 11.9. The van der Waals surface area contributed by atoms with Gasteiger partial charge in [0.1, 0.15) is 6.10 Å². The molecule has 0 saturated carbocycles. The first-order valence-electron chi connectivity index (χ1n) is 8.23. The van der Waals surface area contributed by atoms with Gasteiger partial charge in [-0.2, -0.15) is 0 Å². The second kappa shape index (κ2) is 12.0. The second-order valence-electron chi connectivity index (χ2n) is 5.60. The number of methoxy groups -OCH3 is 1. The van der Waals surface area contributed by atoms with Crippen LogP contribution in [0.25, 0.3) is 0 Å². The fourth-order valence-corrected chi connectivity index (χ4v) is 2.17. The van der Waals surface area contributed by atoms with Gasteiger partial charge in [-0.15, -0.1) is 0 Å². The Hall–Kier alpha value is -2.45. The van der Waals surface area contributed by atoms with Crippen molar-refractivity contribution in [3.8, 4) is 0 Å². The zero-order valence-electron chi connectivity index (χ0n) is 15.0. The van der Waals surface area contributed by atoms with Crippen LogP contribution < -0.4 is 5.32 Å². The summed E-state index contributed by atoms with van der Waals surface area (Å²) in [5.74, 6) is -1.67.